The smallest absolute Gasteiger partial charge is 0.166 e. The standard InChI is InChI=1S/C18H19Cl2FN2OSi.C13H10BrCl2FN2O/c1-11(16-13(19)5-6-14(21)17(16)20)24-15-9-12(10-23-18(15)22)7-8-25(2,3)4;1-6(11-8(15)2-3-9(17)12(11)16)20-10-4-7(14)5-19-13(10)18/h5-6,9-11H,1-4H3,(H2,22,23);2-6H,1H3,(H2,18,19)/t11-;6-/m00/s1. The summed E-state index contributed by atoms with van der Waals surface area (Å²) in [6, 6.07) is 8.67. The molecule has 0 spiro atoms. The van der Waals surface area contributed by atoms with Gasteiger partial charge in [-0.1, -0.05) is 72.0 Å². The van der Waals surface area contributed by atoms with Crippen LogP contribution in [0.4, 0.5) is 20.4 Å². The van der Waals surface area contributed by atoms with Gasteiger partial charge in [-0.25, -0.2) is 18.7 Å². The van der Waals surface area contributed by atoms with E-state index in [-0.39, 0.29) is 21.7 Å². The molecule has 0 saturated carbocycles. The highest BCUT2D eigenvalue weighted by atomic mass is 79.9. The van der Waals surface area contributed by atoms with Crippen molar-refractivity contribution in [3.63, 3.8) is 0 Å². The number of nitrogens with zero attached hydrogens (tertiary/aromatic N) is 2. The highest BCUT2D eigenvalue weighted by Crippen LogP contribution is 2.37. The predicted molar refractivity (Wildman–Crippen MR) is 186 cm³/mol. The van der Waals surface area contributed by atoms with Crippen LogP contribution < -0.4 is 20.9 Å². The average Bonchev–Trinajstić information content (AvgIpc) is 2.95. The zero-order chi connectivity index (χ0) is 33.6. The summed E-state index contributed by atoms with van der Waals surface area (Å²) >= 11 is 27.4. The van der Waals surface area contributed by atoms with Gasteiger partial charge in [-0.2, -0.15) is 0 Å². The van der Waals surface area contributed by atoms with E-state index in [0.717, 1.165) is 0 Å². The maximum Gasteiger partial charge on any atom is 0.166 e. The van der Waals surface area contributed by atoms with Crippen molar-refractivity contribution in [1.82, 2.24) is 9.97 Å². The third-order valence-electron chi connectivity index (χ3n) is 5.89. The van der Waals surface area contributed by atoms with Gasteiger partial charge < -0.3 is 20.9 Å². The minimum atomic E-state index is -1.51. The number of hydrogen-bond acceptors (Lipinski definition) is 6. The summed E-state index contributed by atoms with van der Waals surface area (Å²) in [6.07, 6.45) is 1.96. The normalized spacial score (nSPS) is 12.3. The molecule has 2 aromatic carbocycles. The van der Waals surface area contributed by atoms with Crippen LogP contribution in [0.25, 0.3) is 0 Å². The third kappa shape index (κ3) is 10.1. The van der Waals surface area contributed by atoms with Crippen LogP contribution in [0.2, 0.25) is 39.7 Å². The molecule has 14 heteroatoms. The summed E-state index contributed by atoms with van der Waals surface area (Å²) in [4.78, 5) is 8.07. The maximum absolute atomic E-state index is 13.7. The zero-order valence-corrected chi connectivity index (χ0v) is 30.4. The van der Waals surface area contributed by atoms with E-state index in [0.29, 0.717) is 42.7 Å². The van der Waals surface area contributed by atoms with Crippen LogP contribution in [0.1, 0.15) is 42.7 Å². The molecule has 4 N–H and O–H groups in total. The fraction of sp³-hybridized carbons (Fsp3) is 0.226. The van der Waals surface area contributed by atoms with Gasteiger partial charge in [0.2, 0.25) is 0 Å². The molecule has 0 bridgehead atoms. The number of pyridine rings is 2. The lowest BCUT2D eigenvalue weighted by molar-refractivity contribution is 0.227. The van der Waals surface area contributed by atoms with Gasteiger partial charge in [0.05, 0.1) is 10.0 Å². The van der Waals surface area contributed by atoms with Crippen molar-refractivity contribution < 1.29 is 18.3 Å². The predicted octanol–water partition coefficient (Wildman–Crippen LogP) is 10.5. The molecule has 0 aliphatic carbocycles. The van der Waals surface area contributed by atoms with E-state index in [1.807, 2.05) is 0 Å². The molecule has 0 amide bonds. The Kier molecular flexibility index (Phi) is 12.8. The molecule has 4 rings (SSSR count). The van der Waals surface area contributed by atoms with Crippen LogP contribution >= 0.6 is 62.3 Å². The summed E-state index contributed by atoms with van der Waals surface area (Å²) in [5.41, 5.74) is 16.3. The van der Waals surface area contributed by atoms with E-state index in [1.165, 1.54) is 24.3 Å². The second-order valence-electron chi connectivity index (χ2n) is 10.7. The number of nitrogens with two attached hydrogens (primary N) is 2. The molecule has 238 valence electrons. The van der Waals surface area contributed by atoms with Gasteiger partial charge in [0.25, 0.3) is 0 Å². The first kappa shape index (κ1) is 36.7. The Morgan fingerprint density at radius 1 is 0.778 bits per heavy atom. The molecule has 0 fully saturated rings. The molecule has 0 aliphatic rings. The average molecular weight is 777 g/mol. The van der Waals surface area contributed by atoms with Gasteiger partial charge in [-0.15, -0.1) is 5.54 Å². The molecule has 0 unspecified atom stereocenters. The highest BCUT2D eigenvalue weighted by molar-refractivity contribution is 9.10. The second kappa shape index (κ2) is 15.7. The minimum absolute atomic E-state index is 0.0634. The number of benzene rings is 2. The molecule has 0 saturated heterocycles. The number of rotatable bonds is 6. The fourth-order valence-corrected chi connectivity index (χ4v) is 5.92. The Morgan fingerprint density at radius 3 is 1.69 bits per heavy atom. The number of nitrogen functional groups attached to an aromatic ring is 2. The maximum atomic E-state index is 13.7. The van der Waals surface area contributed by atoms with E-state index in [4.69, 9.17) is 67.3 Å². The van der Waals surface area contributed by atoms with E-state index in [1.54, 1.807) is 38.4 Å². The quantitative estimate of drug-likeness (QED) is 0.115. The van der Waals surface area contributed by atoms with Crippen LogP contribution in [-0.4, -0.2) is 18.0 Å². The lowest BCUT2D eigenvalue weighted by Crippen LogP contribution is -2.16. The van der Waals surface area contributed by atoms with Crippen molar-refractivity contribution >= 4 is 82.0 Å². The van der Waals surface area contributed by atoms with Gasteiger partial charge in [-0.05, 0) is 60.1 Å². The van der Waals surface area contributed by atoms with Crippen LogP contribution in [0.3, 0.4) is 0 Å². The molecule has 2 heterocycles. The van der Waals surface area contributed by atoms with E-state index >= 15 is 0 Å². The van der Waals surface area contributed by atoms with Crippen LogP contribution in [0.15, 0.2) is 53.3 Å². The molecule has 2 atom stereocenters. The number of ether oxygens (including phenoxy) is 2. The lowest BCUT2D eigenvalue weighted by atomic mass is 10.1. The van der Waals surface area contributed by atoms with E-state index in [2.05, 4.69) is 57.0 Å². The van der Waals surface area contributed by atoms with Crippen LogP contribution in [-0.2, 0) is 0 Å². The number of hydrogen-bond donors (Lipinski definition) is 2. The van der Waals surface area contributed by atoms with E-state index < -0.39 is 31.9 Å². The molecular weight excluding hydrogens is 748 g/mol. The van der Waals surface area contributed by atoms with Crippen molar-refractivity contribution in [2.75, 3.05) is 11.5 Å². The first-order chi connectivity index (χ1) is 21.0. The van der Waals surface area contributed by atoms with Crippen molar-refractivity contribution in [3.05, 3.63) is 102 Å². The van der Waals surface area contributed by atoms with Crippen molar-refractivity contribution in [1.29, 1.82) is 0 Å². The molecular formula is C31H29BrCl4F2N4O2Si. The zero-order valence-electron chi connectivity index (χ0n) is 24.8. The van der Waals surface area contributed by atoms with Gasteiger partial charge in [-0.3, -0.25) is 0 Å². The number of aromatic nitrogens is 2. The van der Waals surface area contributed by atoms with Crippen LogP contribution in [0.5, 0.6) is 11.5 Å². The summed E-state index contributed by atoms with van der Waals surface area (Å²) in [5.74, 6) is 3.15. The SMILES string of the molecule is C[C@H](Oc1cc(Br)cnc1N)c1c(Cl)ccc(F)c1Cl.C[C@H](Oc1cc(C#C[Si](C)(C)C)cnc1N)c1c(Cl)ccc(F)c1Cl. The summed E-state index contributed by atoms with van der Waals surface area (Å²) in [7, 11) is -1.51. The monoisotopic (exact) mass is 774 g/mol. The van der Waals surface area contributed by atoms with Gasteiger partial charge in [0.1, 0.15) is 31.9 Å². The van der Waals surface area contributed by atoms with E-state index in [9.17, 15) is 8.78 Å². The molecule has 45 heavy (non-hydrogen) atoms. The van der Waals surface area contributed by atoms with Gasteiger partial charge >= 0.3 is 0 Å². The van der Waals surface area contributed by atoms with Gasteiger partial charge in [0.15, 0.2) is 23.1 Å². The number of anilines is 2. The van der Waals surface area contributed by atoms with Crippen LogP contribution in [0, 0.1) is 23.1 Å². The minimum Gasteiger partial charge on any atom is -0.482 e. The molecule has 6 nitrogen and oxygen atoms in total. The first-order valence-electron chi connectivity index (χ1n) is 13.3. The molecule has 0 aliphatic heterocycles. The molecule has 2 aromatic heterocycles. The van der Waals surface area contributed by atoms with Gasteiger partial charge in [0, 0.05) is 49.7 Å². The molecule has 4 aromatic rings. The lowest BCUT2D eigenvalue weighted by Gasteiger charge is -2.19. The summed E-state index contributed by atoms with van der Waals surface area (Å²) in [6.45, 7) is 9.87. The van der Waals surface area contributed by atoms with Crippen molar-refractivity contribution in [2.24, 2.45) is 0 Å². The Morgan fingerprint density at radius 2 is 1.22 bits per heavy atom. The Bertz CT molecular complexity index is 1770. The highest BCUT2D eigenvalue weighted by Gasteiger charge is 2.21. The Labute approximate surface area is 290 Å². The van der Waals surface area contributed by atoms with Crippen molar-refractivity contribution in [3.8, 4) is 23.0 Å². The second-order valence-corrected chi connectivity index (χ2v) is 17.9. The summed E-state index contributed by atoms with van der Waals surface area (Å²) in [5, 5.41) is 0.512. The summed E-state index contributed by atoms with van der Waals surface area (Å²) < 4.78 is 39.5. The fourth-order valence-electron chi connectivity index (χ4n) is 3.73. The first-order valence-corrected chi connectivity index (χ1v) is 19.1. The number of halogens is 7. The van der Waals surface area contributed by atoms with Crippen molar-refractivity contribution in [2.45, 2.75) is 45.7 Å². The Hall–Kier alpha value is -2.78. The topological polar surface area (TPSA) is 96.3 Å². The third-order valence-corrected chi connectivity index (χ3v) is 8.63. The largest absolute Gasteiger partial charge is 0.482 e. The Balaban J connectivity index is 0.000000251. The molecule has 0 radical (unpaired) electrons.